The van der Waals surface area contributed by atoms with Crippen LogP contribution in [0.25, 0.3) is 0 Å². The van der Waals surface area contributed by atoms with Gasteiger partial charge in [-0.2, -0.15) is 5.26 Å². The first-order valence-corrected chi connectivity index (χ1v) is 7.05. The topological polar surface area (TPSA) is 95.6 Å². The van der Waals surface area contributed by atoms with E-state index in [0.29, 0.717) is 19.5 Å². The first-order chi connectivity index (χ1) is 10.2. The van der Waals surface area contributed by atoms with Gasteiger partial charge in [-0.15, -0.1) is 0 Å². The maximum atomic E-state index is 12.0. The predicted molar refractivity (Wildman–Crippen MR) is 77.6 cm³/mol. The molecule has 1 aliphatic heterocycles. The summed E-state index contributed by atoms with van der Waals surface area (Å²) in [6.45, 7) is 6.26. The third kappa shape index (κ3) is 3.22. The number of carbonyl (C=O) groups excluding carboxylic acids is 1. The summed E-state index contributed by atoms with van der Waals surface area (Å²) in [5.41, 5.74) is -0.468. The number of carboxylic acids is 1. The van der Waals surface area contributed by atoms with Crippen LogP contribution in [0.4, 0.5) is 4.79 Å². The molecule has 118 valence electrons. The Labute approximate surface area is 128 Å². The van der Waals surface area contributed by atoms with Gasteiger partial charge in [0.15, 0.2) is 0 Å². The van der Waals surface area contributed by atoms with Crippen LogP contribution in [-0.4, -0.2) is 45.3 Å². The largest absolute Gasteiger partial charge is 0.477 e. The van der Waals surface area contributed by atoms with E-state index in [4.69, 9.17) is 10.00 Å². The molecule has 0 aromatic carbocycles. The molecule has 1 amide bonds. The summed E-state index contributed by atoms with van der Waals surface area (Å²) in [7, 11) is 0. The van der Waals surface area contributed by atoms with Crippen molar-refractivity contribution in [1.82, 2.24) is 9.47 Å². The van der Waals surface area contributed by atoms with Gasteiger partial charge in [0.2, 0.25) is 0 Å². The number of rotatable bonds is 2. The van der Waals surface area contributed by atoms with Crippen molar-refractivity contribution in [3.05, 3.63) is 23.5 Å². The lowest BCUT2D eigenvalue weighted by Gasteiger charge is -2.24. The first kappa shape index (κ1) is 15.9. The van der Waals surface area contributed by atoms with Crippen LogP contribution in [0.1, 0.15) is 49.3 Å². The molecular weight excluding hydrogens is 286 g/mol. The number of aromatic carboxylic acids is 1. The number of carbonyl (C=O) groups is 2. The van der Waals surface area contributed by atoms with E-state index in [1.807, 2.05) is 6.07 Å². The molecule has 1 aliphatic rings. The third-order valence-corrected chi connectivity index (χ3v) is 3.45. The smallest absolute Gasteiger partial charge is 0.410 e. The lowest BCUT2D eigenvalue weighted by atomic mass is 10.2. The SMILES string of the molecule is CC(C)(C)OC(=O)N1CC[C@H](n2ccc(C#N)c2C(=O)O)C1. The Morgan fingerprint density at radius 2 is 2.14 bits per heavy atom. The molecule has 0 saturated carbocycles. The number of amides is 1. The molecule has 1 aromatic heterocycles. The van der Waals surface area contributed by atoms with Gasteiger partial charge in [-0.1, -0.05) is 0 Å². The normalized spacial score (nSPS) is 18.1. The Bertz CT molecular complexity index is 636. The second kappa shape index (κ2) is 5.72. The van der Waals surface area contributed by atoms with E-state index in [1.165, 1.54) is 6.07 Å². The molecule has 1 N–H and O–H groups in total. The Hall–Kier alpha value is -2.49. The number of carboxylic acid groups (broad SMARTS) is 1. The molecule has 22 heavy (non-hydrogen) atoms. The summed E-state index contributed by atoms with van der Waals surface area (Å²) in [4.78, 5) is 25.0. The number of hydrogen-bond acceptors (Lipinski definition) is 4. The van der Waals surface area contributed by atoms with E-state index < -0.39 is 17.7 Å². The van der Waals surface area contributed by atoms with Crippen LogP contribution in [0.5, 0.6) is 0 Å². The van der Waals surface area contributed by atoms with Crippen molar-refractivity contribution in [2.75, 3.05) is 13.1 Å². The van der Waals surface area contributed by atoms with Crippen molar-refractivity contribution in [3.8, 4) is 6.07 Å². The van der Waals surface area contributed by atoms with E-state index >= 15 is 0 Å². The van der Waals surface area contributed by atoms with Gasteiger partial charge in [-0.25, -0.2) is 9.59 Å². The minimum Gasteiger partial charge on any atom is -0.477 e. The van der Waals surface area contributed by atoms with Gasteiger partial charge >= 0.3 is 12.1 Å². The lowest BCUT2D eigenvalue weighted by Crippen LogP contribution is -2.35. The average Bonchev–Trinajstić information content (AvgIpc) is 3.02. The van der Waals surface area contributed by atoms with Gasteiger partial charge < -0.3 is 19.3 Å². The Morgan fingerprint density at radius 1 is 1.45 bits per heavy atom. The highest BCUT2D eigenvalue weighted by Gasteiger charge is 2.32. The number of nitriles is 1. The summed E-state index contributed by atoms with van der Waals surface area (Å²) >= 11 is 0. The maximum Gasteiger partial charge on any atom is 0.410 e. The van der Waals surface area contributed by atoms with Gasteiger partial charge in [0.1, 0.15) is 17.4 Å². The first-order valence-electron chi connectivity index (χ1n) is 7.05. The minimum absolute atomic E-state index is 0.0291. The number of aromatic nitrogens is 1. The van der Waals surface area contributed by atoms with Crippen molar-refractivity contribution in [3.63, 3.8) is 0 Å². The number of nitrogens with zero attached hydrogens (tertiary/aromatic N) is 3. The zero-order valence-corrected chi connectivity index (χ0v) is 12.9. The molecule has 0 bridgehead atoms. The highest BCUT2D eigenvalue weighted by atomic mass is 16.6. The van der Waals surface area contributed by atoms with Crippen LogP contribution < -0.4 is 0 Å². The van der Waals surface area contributed by atoms with Gasteiger partial charge in [0.05, 0.1) is 11.6 Å². The van der Waals surface area contributed by atoms with Crippen LogP contribution in [0.15, 0.2) is 12.3 Å². The second-order valence-corrected chi connectivity index (χ2v) is 6.27. The standard InChI is InChI=1S/C15H19N3O4/c1-15(2,3)22-14(21)17-6-5-11(9-17)18-7-4-10(8-16)12(18)13(19)20/h4,7,11H,5-6,9H2,1-3H3,(H,19,20)/t11-/m0/s1. The summed E-state index contributed by atoms with van der Waals surface area (Å²) in [5, 5.41) is 18.3. The Kier molecular flexibility index (Phi) is 4.13. The van der Waals surface area contributed by atoms with Gasteiger partial charge in [-0.05, 0) is 33.3 Å². The molecular formula is C15H19N3O4. The molecule has 1 fully saturated rings. The van der Waals surface area contributed by atoms with E-state index in [1.54, 1.807) is 36.4 Å². The monoisotopic (exact) mass is 305 g/mol. The molecule has 7 nitrogen and oxygen atoms in total. The summed E-state index contributed by atoms with van der Waals surface area (Å²) in [5.74, 6) is -1.14. The molecule has 2 rings (SSSR count). The molecule has 1 atom stereocenters. The molecule has 1 aromatic rings. The van der Waals surface area contributed by atoms with Crippen LogP contribution in [0, 0.1) is 11.3 Å². The number of ether oxygens (including phenoxy) is 1. The van der Waals surface area contributed by atoms with E-state index in [-0.39, 0.29) is 17.3 Å². The highest BCUT2D eigenvalue weighted by Crippen LogP contribution is 2.26. The minimum atomic E-state index is -1.14. The van der Waals surface area contributed by atoms with Crippen LogP contribution in [-0.2, 0) is 4.74 Å². The van der Waals surface area contributed by atoms with E-state index in [9.17, 15) is 14.7 Å². The Morgan fingerprint density at radius 3 is 2.68 bits per heavy atom. The van der Waals surface area contributed by atoms with Crippen molar-refractivity contribution >= 4 is 12.1 Å². The lowest BCUT2D eigenvalue weighted by molar-refractivity contribution is 0.0289. The summed E-state index contributed by atoms with van der Waals surface area (Å²) < 4.78 is 6.88. The predicted octanol–water partition coefficient (Wildman–Crippen LogP) is 2.24. The quantitative estimate of drug-likeness (QED) is 0.904. The molecule has 1 saturated heterocycles. The van der Waals surface area contributed by atoms with Crippen molar-refractivity contribution in [2.45, 2.75) is 38.8 Å². The van der Waals surface area contributed by atoms with E-state index in [2.05, 4.69) is 0 Å². The van der Waals surface area contributed by atoms with E-state index in [0.717, 1.165) is 0 Å². The average molecular weight is 305 g/mol. The van der Waals surface area contributed by atoms with Crippen molar-refractivity contribution in [2.24, 2.45) is 0 Å². The fourth-order valence-corrected chi connectivity index (χ4v) is 2.53. The molecule has 0 spiro atoms. The zero-order chi connectivity index (χ0) is 16.5. The summed E-state index contributed by atoms with van der Waals surface area (Å²) in [6.07, 6.45) is 1.81. The number of hydrogen-bond donors (Lipinski definition) is 1. The van der Waals surface area contributed by atoms with Crippen LogP contribution >= 0.6 is 0 Å². The zero-order valence-electron chi connectivity index (χ0n) is 12.9. The fourth-order valence-electron chi connectivity index (χ4n) is 2.53. The molecule has 0 aliphatic carbocycles. The van der Waals surface area contributed by atoms with Gasteiger partial charge in [-0.3, -0.25) is 0 Å². The Balaban J connectivity index is 2.15. The van der Waals surface area contributed by atoms with Gasteiger partial charge in [0.25, 0.3) is 0 Å². The third-order valence-electron chi connectivity index (χ3n) is 3.45. The highest BCUT2D eigenvalue weighted by molar-refractivity contribution is 5.89. The molecule has 7 heteroatoms. The molecule has 0 radical (unpaired) electrons. The van der Waals surface area contributed by atoms with Gasteiger partial charge in [0, 0.05) is 19.3 Å². The second-order valence-electron chi connectivity index (χ2n) is 6.27. The molecule has 2 heterocycles. The maximum absolute atomic E-state index is 12.0. The van der Waals surface area contributed by atoms with Crippen molar-refractivity contribution < 1.29 is 19.4 Å². The fraction of sp³-hybridized carbons (Fsp3) is 0.533. The number of likely N-dealkylation sites (tertiary alicyclic amines) is 1. The molecule has 0 unspecified atom stereocenters. The van der Waals surface area contributed by atoms with Crippen LogP contribution in [0.3, 0.4) is 0 Å². The van der Waals surface area contributed by atoms with Crippen molar-refractivity contribution in [1.29, 1.82) is 5.26 Å². The summed E-state index contributed by atoms with van der Waals surface area (Å²) in [6, 6.07) is 3.20. The van der Waals surface area contributed by atoms with Crippen LogP contribution in [0.2, 0.25) is 0 Å².